The number of halogens is 1. The lowest BCUT2D eigenvalue weighted by Gasteiger charge is -2.17. The summed E-state index contributed by atoms with van der Waals surface area (Å²) in [6, 6.07) is 3.82. The Morgan fingerprint density at radius 2 is 2.06 bits per heavy atom. The third-order valence-electron chi connectivity index (χ3n) is 2.47. The Morgan fingerprint density at radius 1 is 1.39 bits per heavy atom. The van der Waals surface area contributed by atoms with Gasteiger partial charge in [0.15, 0.2) is 0 Å². The quantitative estimate of drug-likeness (QED) is 0.458. The van der Waals surface area contributed by atoms with Gasteiger partial charge in [-0.15, -0.1) is 0 Å². The van der Waals surface area contributed by atoms with E-state index in [1.165, 1.54) is 6.07 Å². The molecule has 18 heavy (non-hydrogen) atoms. The number of ether oxygens (including phenoxy) is 1. The highest BCUT2D eigenvalue weighted by molar-refractivity contribution is 5.34. The molecule has 0 saturated carbocycles. The number of rotatable bonds is 5. The molecule has 0 amide bonds. The first-order chi connectivity index (χ1) is 8.29. The molecule has 4 nitrogen and oxygen atoms in total. The summed E-state index contributed by atoms with van der Waals surface area (Å²) in [6.45, 7) is 7.19. The first-order valence-corrected chi connectivity index (χ1v) is 5.80. The topological polar surface area (TPSA) is 52.4 Å². The fourth-order valence-electron chi connectivity index (χ4n) is 1.36. The van der Waals surface area contributed by atoms with E-state index in [1.807, 2.05) is 0 Å². The van der Waals surface area contributed by atoms with E-state index < -0.39 is 16.4 Å². The minimum atomic E-state index is -0.822. The lowest BCUT2D eigenvalue weighted by molar-refractivity contribution is -0.387. The molecule has 0 aromatic heterocycles. The Morgan fingerprint density at radius 3 is 2.56 bits per heavy atom. The van der Waals surface area contributed by atoms with Crippen LogP contribution in [0.1, 0.15) is 32.8 Å². The Labute approximate surface area is 106 Å². The van der Waals surface area contributed by atoms with Gasteiger partial charge >= 0.3 is 5.69 Å². The first-order valence-electron chi connectivity index (χ1n) is 5.80. The molecule has 0 fully saturated rings. The molecular weight excluding hydrogens is 237 g/mol. The van der Waals surface area contributed by atoms with Gasteiger partial charge < -0.3 is 4.74 Å². The molecule has 0 bridgehead atoms. The van der Waals surface area contributed by atoms with E-state index in [-0.39, 0.29) is 12.0 Å². The van der Waals surface area contributed by atoms with E-state index in [1.54, 1.807) is 0 Å². The van der Waals surface area contributed by atoms with Crippen molar-refractivity contribution in [2.45, 2.75) is 33.8 Å². The molecule has 0 N–H and O–H groups in total. The lowest BCUT2D eigenvalue weighted by Crippen LogP contribution is -2.09. The third-order valence-corrected chi connectivity index (χ3v) is 2.47. The minimum Gasteiger partial charge on any atom is -0.377 e. The molecule has 0 atom stereocenters. The van der Waals surface area contributed by atoms with Crippen molar-refractivity contribution in [2.24, 2.45) is 5.41 Å². The summed E-state index contributed by atoms with van der Waals surface area (Å²) < 4.78 is 18.7. The van der Waals surface area contributed by atoms with Crippen molar-refractivity contribution in [1.29, 1.82) is 0 Å². The van der Waals surface area contributed by atoms with Gasteiger partial charge in [0, 0.05) is 12.7 Å². The summed E-state index contributed by atoms with van der Waals surface area (Å²) in [5.41, 5.74) is 0.293. The third kappa shape index (κ3) is 4.79. The zero-order valence-electron chi connectivity index (χ0n) is 10.9. The predicted octanol–water partition coefficient (Wildman–Crippen LogP) is 3.69. The molecule has 0 unspecified atom stereocenters. The van der Waals surface area contributed by atoms with Crippen LogP contribution in [0.3, 0.4) is 0 Å². The van der Waals surface area contributed by atoms with Gasteiger partial charge in [-0.05, 0) is 29.5 Å². The Kier molecular flexibility index (Phi) is 4.78. The van der Waals surface area contributed by atoms with Crippen molar-refractivity contribution in [3.05, 3.63) is 39.7 Å². The van der Waals surface area contributed by atoms with Gasteiger partial charge in [-0.25, -0.2) is 0 Å². The number of hydrogen-bond donors (Lipinski definition) is 0. The molecule has 0 saturated heterocycles. The predicted molar refractivity (Wildman–Crippen MR) is 66.8 cm³/mol. The Hall–Kier alpha value is -1.49. The average Bonchev–Trinajstić information content (AvgIpc) is 2.22. The van der Waals surface area contributed by atoms with Gasteiger partial charge in [-0.1, -0.05) is 20.8 Å². The highest BCUT2D eigenvalue weighted by atomic mass is 19.1. The molecule has 0 radical (unpaired) electrons. The first kappa shape index (κ1) is 14.6. The van der Waals surface area contributed by atoms with Crippen LogP contribution in [0.4, 0.5) is 10.1 Å². The summed E-state index contributed by atoms with van der Waals surface area (Å²) >= 11 is 0. The normalized spacial score (nSPS) is 11.6. The molecule has 0 aliphatic rings. The van der Waals surface area contributed by atoms with Crippen molar-refractivity contribution >= 4 is 5.69 Å². The molecule has 1 rings (SSSR count). The summed E-state index contributed by atoms with van der Waals surface area (Å²) in [5, 5.41) is 10.4. The van der Waals surface area contributed by atoms with Crippen LogP contribution in [0.5, 0.6) is 0 Å². The average molecular weight is 255 g/mol. The van der Waals surface area contributed by atoms with Gasteiger partial charge in [0.1, 0.15) is 0 Å². The van der Waals surface area contributed by atoms with Crippen molar-refractivity contribution < 1.29 is 14.1 Å². The van der Waals surface area contributed by atoms with Crippen molar-refractivity contribution in [2.75, 3.05) is 6.61 Å². The van der Waals surface area contributed by atoms with Crippen LogP contribution in [-0.4, -0.2) is 11.5 Å². The van der Waals surface area contributed by atoms with Gasteiger partial charge in [0.25, 0.3) is 0 Å². The van der Waals surface area contributed by atoms with E-state index >= 15 is 0 Å². The second-order valence-electron chi connectivity index (χ2n) is 5.41. The van der Waals surface area contributed by atoms with Crippen LogP contribution in [0.15, 0.2) is 18.2 Å². The molecule has 5 heteroatoms. The molecule has 0 spiro atoms. The monoisotopic (exact) mass is 255 g/mol. The Bertz CT molecular complexity index is 427. The molecule has 0 aliphatic heterocycles. The zero-order chi connectivity index (χ0) is 13.8. The number of nitrogens with zero attached hydrogens (tertiary/aromatic N) is 1. The molecule has 100 valence electrons. The fraction of sp³-hybridized carbons (Fsp3) is 0.538. The number of nitro benzene ring substituents is 1. The summed E-state index contributed by atoms with van der Waals surface area (Å²) in [6.07, 6.45) is 0.905. The van der Waals surface area contributed by atoms with Gasteiger partial charge in [-0.2, -0.15) is 4.39 Å². The van der Waals surface area contributed by atoms with Gasteiger partial charge in [0.2, 0.25) is 5.82 Å². The van der Waals surface area contributed by atoms with Gasteiger partial charge in [0.05, 0.1) is 11.5 Å². The van der Waals surface area contributed by atoms with Gasteiger partial charge in [-0.3, -0.25) is 10.1 Å². The standard InChI is InChI=1S/C13H18FNO3/c1-13(2,3)6-7-18-9-10-4-5-12(15(16)17)11(14)8-10/h4-5,8H,6-7,9H2,1-3H3. The maximum Gasteiger partial charge on any atom is 0.304 e. The number of hydrogen-bond acceptors (Lipinski definition) is 3. The molecule has 0 aliphatic carbocycles. The Balaban J connectivity index is 2.49. The van der Waals surface area contributed by atoms with Crippen molar-refractivity contribution in [3.63, 3.8) is 0 Å². The van der Waals surface area contributed by atoms with E-state index in [2.05, 4.69) is 20.8 Å². The highest BCUT2D eigenvalue weighted by Gasteiger charge is 2.14. The number of nitro groups is 1. The second kappa shape index (κ2) is 5.91. The van der Waals surface area contributed by atoms with Crippen LogP contribution >= 0.6 is 0 Å². The number of benzene rings is 1. The smallest absolute Gasteiger partial charge is 0.304 e. The van der Waals surface area contributed by atoms with Crippen LogP contribution in [0.2, 0.25) is 0 Å². The van der Waals surface area contributed by atoms with Crippen LogP contribution < -0.4 is 0 Å². The lowest BCUT2D eigenvalue weighted by atomic mass is 9.93. The molecule has 1 aromatic carbocycles. The van der Waals surface area contributed by atoms with Crippen LogP contribution in [-0.2, 0) is 11.3 Å². The highest BCUT2D eigenvalue weighted by Crippen LogP contribution is 2.20. The molecule has 1 aromatic rings. The summed E-state index contributed by atoms with van der Waals surface area (Å²) in [5.74, 6) is -0.822. The van der Waals surface area contributed by atoms with Crippen LogP contribution in [0, 0.1) is 21.3 Å². The zero-order valence-corrected chi connectivity index (χ0v) is 10.9. The van der Waals surface area contributed by atoms with E-state index in [0.29, 0.717) is 12.2 Å². The van der Waals surface area contributed by atoms with E-state index in [9.17, 15) is 14.5 Å². The maximum atomic E-state index is 13.3. The summed E-state index contributed by atoms with van der Waals surface area (Å²) in [7, 11) is 0. The van der Waals surface area contributed by atoms with E-state index in [4.69, 9.17) is 4.74 Å². The largest absolute Gasteiger partial charge is 0.377 e. The van der Waals surface area contributed by atoms with Crippen LogP contribution in [0.25, 0.3) is 0 Å². The second-order valence-corrected chi connectivity index (χ2v) is 5.41. The van der Waals surface area contributed by atoms with Crippen molar-refractivity contribution in [3.8, 4) is 0 Å². The minimum absolute atomic E-state index is 0.195. The maximum absolute atomic E-state index is 13.3. The van der Waals surface area contributed by atoms with Crippen molar-refractivity contribution in [1.82, 2.24) is 0 Å². The van der Waals surface area contributed by atoms with E-state index in [0.717, 1.165) is 18.6 Å². The SMILES string of the molecule is CC(C)(C)CCOCc1ccc([N+](=O)[O-])c(F)c1. The molecular formula is C13H18FNO3. The summed E-state index contributed by atoms with van der Waals surface area (Å²) in [4.78, 5) is 9.70. The molecule has 0 heterocycles. The fourth-order valence-corrected chi connectivity index (χ4v) is 1.36.